The minimum absolute atomic E-state index is 0.0307. The molecule has 0 atom stereocenters. The molecule has 0 bridgehead atoms. The SMILES string of the molecule is CCNC(=O)CN(CC)C(=O)COC(=O)CCc1nc2ccccc2c(=O)[nH]1. The highest BCUT2D eigenvalue weighted by Crippen LogP contribution is 2.07. The van der Waals surface area contributed by atoms with E-state index >= 15 is 0 Å². The first-order valence-corrected chi connectivity index (χ1v) is 9.12. The molecule has 1 aromatic heterocycles. The van der Waals surface area contributed by atoms with E-state index in [9.17, 15) is 19.2 Å². The average Bonchev–Trinajstić information content (AvgIpc) is 2.69. The van der Waals surface area contributed by atoms with E-state index in [0.717, 1.165) is 0 Å². The van der Waals surface area contributed by atoms with E-state index in [4.69, 9.17) is 4.74 Å². The van der Waals surface area contributed by atoms with Crippen LogP contribution in [0.2, 0.25) is 0 Å². The topological polar surface area (TPSA) is 121 Å². The number of hydrogen-bond donors (Lipinski definition) is 2. The lowest BCUT2D eigenvalue weighted by Gasteiger charge is -2.20. The predicted octanol–water partition coefficient (Wildman–Crippen LogP) is 0.384. The number of benzene rings is 1. The van der Waals surface area contributed by atoms with Crippen LogP contribution in [0.25, 0.3) is 10.9 Å². The predicted molar refractivity (Wildman–Crippen MR) is 103 cm³/mol. The van der Waals surface area contributed by atoms with Crippen LogP contribution in [0.15, 0.2) is 29.1 Å². The molecule has 0 radical (unpaired) electrons. The number of esters is 1. The molecular formula is C19H24N4O5. The molecule has 0 saturated carbocycles. The number of H-pyrrole nitrogens is 1. The number of nitrogens with one attached hydrogen (secondary N) is 2. The van der Waals surface area contributed by atoms with Crippen molar-refractivity contribution in [1.82, 2.24) is 20.2 Å². The molecule has 2 amide bonds. The second kappa shape index (κ2) is 10.2. The molecule has 1 heterocycles. The van der Waals surface area contributed by atoms with Crippen molar-refractivity contribution in [2.45, 2.75) is 26.7 Å². The van der Waals surface area contributed by atoms with Gasteiger partial charge in [0.1, 0.15) is 5.82 Å². The third-order valence-corrected chi connectivity index (χ3v) is 4.03. The largest absolute Gasteiger partial charge is 0.456 e. The van der Waals surface area contributed by atoms with Crippen LogP contribution < -0.4 is 10.9 Å². The van der Waals surface area contributed by atoms with E-state index < -0.39 is 18.5 Å². The lowest BCUT2D eigenvalue weighted by molar-refractivity contribution is -0.152. The lowest BCUT2D eigenvalue weighted by Crippen LogP contribution is -2.42. The van der Waals surface area contributed by atoms with Crippen molar-refractivity contribution in [2.24, 2.45) is 0 Å². The van der Waals surface area contributed by atoms with Gasteiger partial charge in [-0.25, -0.2) is 4.98 Å². The molecule has 2 N–H and O–H groups in total. The fourth-order valence-corrected chi connectivity index (χ4v) is 2.58. The zero-order chi connectivity index (χ0) is 20.5. The smallest absolute Gasteiger partial charge is 0.306 e. The van der Waals surface area contributed by atoms with E-state index in [-0.39, 0.29) is 30.9 Å². The summed E-state index contributed by atoms with van der Waals surface area (Å²) in [7, 11) is 0. The fourth-order valence-electron chi connectivity index (χ4n) is 2.58. The number of carbonyl (C=O) groups excluding carboxylic acids is 3. The van der Waals surface area contributed by atoms with Crippen molar-refractivity contribution >= 4 is 28.7 Å². The standard InChI is InChI=1S/C19H24N4O5/c1-3-20-16(24)11-23(4-2)17(25)12-28-18(26)10-9-15-21-14-8-6-5-7-13(14)19(27)22-15/h5-8H,3-4,9-12H2,1-2H3,(H,20,24)(H,21,22,27). The van der Waals surface area contributed by atoms with Crippen LogP contribution in [-0.4, -0.2) is 58.9 Å². The Morgan fingerprint density at radius 1 is 1.21 bits per heavy atom. The number of ether oxygens (including phenoxy) is 1. The van der Waals surface area contributed by atoms with Gasteiger partial charge in [0.15, 0.2) is 6.61 Å². The summed E-state index contributed by atoms with van der Waals surface area (Å²) in [6.45, 7) is 3.81. The van der Waals surface area contributed by atoms with Gasteiger partial charge in [-0.2, -0.15) is 0 Å². The zero-order valence-corrected chi connectivity index (χ0v) is 16.0. The van der Waals surface area contributed by atoms with Crippen molar-refractivity contribution in [3.8, 4) is 0 Å². The maximum Gasteiger partial charge on any atom is 0.306 e. The number of likely N-dealkylation sites (N-methyl/N-ethyl adjacent to an activating group) is 2. The number of amides is 2. The lowest BCUT2D eigenvalue weighted by atomic mass is 10.2. The molecule has 0 fully saturated rings. The van der Waals surface area contributed by atoms with Crippen LogP contribution in [0.5, 0.6) is 0 Å². The van der Waals surface area contributed by atoms with Gasteiger partial charge in [0.25, 0.3) is 11.5 Å². The average molecular weight is 388 g/mol. The molecule has 1 aromatic carbocycles. The molecule has 0 aliphatic heterocycles. The number of para-hydroxylation sites is 1. The highest BCUT2D eigenvalue weighted by atomic mass is 16.5. The monoisotopic (exact) mass is 388 g/mol. The van der Waals surface area contributed by atoms with Crippen molar-refractivity contribution in [2.75, 3.05) is 26.2 Å². The Morgan fingerprint density at radius 3 is 2.68 bits per heavy atom. The van der Waals surface area contributed by atoms with Gasteiger partial charge < -0.3 is 19.9 Å². The number of fused-ring (bicyclic) bond motifs is 1. The summed E-state index contributed by atoms with van der Waals surface area (Å²) in [5.41, 5.74) is 0.279. The Morgan fingerprint density at radius 2 is 1.96 bits per heavy atom. The molecule has 0 spiro atoms. The maximum atomic E-state index is 12.1. The summed E-state index contributed by atoms with van der Waals surface area (Å²) in [5.74, 6) is -0.925. The van der Waals surface area contributed by atoms with Gasteiger partial charge in [0, 0.05) is 19.5 Å². The van der Waals surface area contributed by atoms with Crippen molar-refractivity contribution in [1.29, 1.82) is 0 Å². The van der Waals surface area contributed by atoms with Crippen molar-refractivity contribution in [3.05, 3.63) is 40.4 Å². The highest BCUT2D eigenvalue weighted by Gasteiger charge is 2.17. The van der Waals surface area contributed by atoms with Crippen LogP contribution in [-0.2, 0) is 25.5 Å². The highest BCUT2D eigenvalue weighted by molar-refractivity contribution is 5.86. The van der Waals surface area contributed by atoms with Crippen LogP contribution in [0.3, 0.4) is 0 Å². The van der Waals surface area contributed by atoms with Gasteiger partial charge in [-0.1, -0.05) is 12.1 Å². The van der Waals surface area contributed by atoms with E-state index in [1.807, 2.05) is 0 Å². The number of hydrogen-bond acceptors (Lipinski definition) is 6. The summed E-state index contributed by atoms with van der Waals surface area (Å²) < 4.78 is 4.99. The number of carbonyl (C=O) groups is 3. The van der Waals surface area contributed by atoms with Crippen LogP contribution in [0, 0.1) is 0 Å². The molecule has 0 saturated heterocycles. The third kappa shape index (κ3) is 5.90. The summed E-state index contributed by atoms with van der Waals surface area (Å²) in [5, 5.41) is 3.09. The van der Waals surface area contributed by atoms with Gasteiger partial charge >= 0.3 is 5.97 Å². The second-order valence-corrected chi connectivity index (χ2v) is 6.05. The molecule has 9 nitrogen and oxygen atoms in total. The Balaban J connectivity index is 1.84. The van der Waals surface area contributed by atoms with E-state index in [0.29, 0.717) is 29.8 Å². The molecular weight excluding hydrogens is 364 g/mol. The second-order valence-electron chi connectivity index (χ2n) is 6.05. The Bertz CT molecular complexity index is 909. The summed E-state index contributed by atoms with van der Waals surface area (Å²) in [6.07, 6.45) is 0.153. The Labute approximate surface area is 162 Å². The number of nitrogens with zero attached hydrogens (tertiary/aromatic N) is 2. The minimum Gasteiger partial charge on any atom is -0.456 e. The van der Waals surface area contributed by atoms with Crippen molar-refractivity contribution < 1.29 is 19.1 Å². The molecule has 150 valence electrons. The van der Waals surface area contributed by atoms with Crippen LogP contribution in [0.4, 0.5) is 0 Å². The maximum absolute atomic E-state index is 12.1. The van der Waals surface area contributed by atoms with Gasteiger partial charge in [-0.15, -0.1) is 0 Å². The summed E-state index contributed by atoms with van der Waals surface area (Å²) >= 11 is 0. The number of aryl methyl sites for hydroxylation is 1. The molecule has 0 aliphatic carbocycles. The Hall–Kier alpha value is -3.23. The van der Waals surface area contributed by atoms with Crippen LogP contribution >= 0.6 is 0 Å². The molecule has 28 heavy (non-hydrogen) atoms. The van der Waals surface area contributed by atoms with Gasteiger partial charge in [-0.3, -0.25) is 19.2 Å². The minimum atomic E-state index is -0.585. The number of aromatic amines is 1. The molecule has 2 rings (SSSR count). The first-order valence-electron chi connectivity index (χ1n) is 9.12. The summed E-state index contributed by atoms with van der Waals surface area (Å²) in [6, 6.07) is 6.92. The first-order chi connectivity index (χ1) is 13.4. The van der Waals surface area contributed by atoms with E-state index in [1.54, 1.807) is 38.1 Å². The van der Waals surface area contributed by atoms with E-state index in [1.165, 1.54) is 4.90 Å². The molecule has 9 heteroatoms. The molecule has 0 aliphatic rings. The van der Waals surface area contributed by atoms with Crippen molar-refractivity contribution in [3.63, 3.8) is 0 Å². The quantitative estimate of drug-likeness (QED) is 0.599. The van der Waals surface area contributed by atoms with Crippen LogP contribution in [0.1, 0.15) is 26.1 Å². The number of aromatic nitrogens is 2. The Kier molecular flexibility index (Phi) is 7.67. The normalized spacial score (nSPS) is 10.5. The van der Waals surface area contributed by atoms with Gasteiger partial charge in [-0.05, 0) is 26.0 Å². The third-order valence-electron chi connectivity index (χ3n) is 4.03. The first kappa shape index (κ1) is 21.1. The zero-order valence-electron chi connectivity index (χ0n) is 16.0. The fraction of sp³-hybridized carbons (Fsp3) is 0.421. The van der Waals surface area contributed by atoms with E-state index in [2.05, 4.69) is 15.3 Å². The molecule has 0 unspecified atom stereocenters. The molecule has 2 aromatic rings. The number of rotatable bonds is 9. The van der Waals surface area contributed by atoms with Gasteiger partial charge in [0.2, 0.25) is 5.91 Å². The van der Waals surface area contributed by atoms with Gasteiger partial charge in [0.05, 0.1) is 23.9 Å². The summed E-state index contributed by atoms with van der Waals surface area (Å²) in [4.78, 5) is 55.9.